The number of halogens is 6. The molecule has 8 nitrogen and oxygen atoms in total. The molecule has 0 spiro atoms. The number of hydrazone groups is 1. The van der Waals surface area contributed by atoms with E-state index in [1.165, 1.54) is 59.2 Å². The molecule has 0 atom stereocenters. The van der Waals surface area contributed by atoms with Crippen LogP contribution < -0.4 is 14.9 Å². The highest BCUT2D eigenvalue weighted by Crippen LogP contribution is 2.28. The van der Waals surface area contributed by atoms with Gasteiger partial charge in [0.15, 0.2) is 11.0 Å². The molecule has 0 fully saturated rings. The van der Waals surface area contributed by atoms with E-state index in [0.717, 1.165) is 27.9 Å². The van der Waals surface area contributed by atoms with Crippen LogP contribution in [0.15, 0.2) is 107 Å². The van der Waals surface area contributed by atoms with E-state index >= 15 is 0 Å². The third-order valence-corrected chi connectivity index (χ3v) is 7.49. The minimum Gasteiger partial charge on any atom is -0.406 e. The first-order valence-corrected chi connectivity index (χ1v) is 15.1. The van der Waals surface area contributed by atoms with Crippen LogP contribution >= 0.6 is 11.8 Å². The summed E-state index contributed by atoms with van der Waals surface area (Å²) >= 11 is 1.33. The van der Waals surface area contributed by atoms with E-state index in [0.29, 0.717) is 28.0 Å². The fourth-order valence-corrected chi connectivity index (χ4v) is 5.08. The number of para-hydroxylation sites is 1. The number of benzene rings is 4. The number of rotatable bonds is 9. The number of nitrogens with zero attached hydrogens (tertiary/aromatic N) is 5. The van der Waals surface area contributed by atoms with E-state index in [1.807, 2.05) is 44.2 Å². The van der Waals surface area contributed by atoms with Crippen LogP contribution in [0, 0.1) is 13.8 Å². The van der Waals surface area contributed by atoms with Crippen LogP contribution in [0.25, 0.3) is 17.1 Å². The van der Waals surface area contributed by atoms with Gasteiger partial charge >= 0.3 is 12.7 Å². The SMILES string of the molecule is Cc1cccc(C)c1/N=C(/N/N=C/c1ccc(-c2ncn(-c3ccc(OC(F)(F)F)cc3)n2)cc1)SCc1ccc(OC(F)(F)F)cc1. The first-order chi connectivity index (χ1) is 22.8. The molecule has 0 aliphatic carbocycles. The van der Waals surface area contributed by atoms with E-state index in [1.54, 1.807) is 30.5 Å². The van der Waals surface area contributed by atoms with Gasteiger partial charge in [-0.05, 0) is 72.5 Å². The molecule has 5 aromatic rings. The van der Waals surface area contributed by atoms with Crippen LogP contribution in [0.3, 0.4) is 0 Å². The first-order valence-electron chi connectivity index (χ1n) is 14.1. The van der Waals surface area contributed by atoms with Gasteiger partial charge < -0.3 is 9.47 Å². The molecule has 248 valence electrons. The van der Waals surface area contributed by atoms with E-state index in [2.05, 4.69) is 30.1 Å². The van der Waals surface area contributed by atoms with Crippen LogP contribution in [-0.4, -0.2) is 38.9 Å². The topological polar surface area (TPSA) is 85.9 Å². The Morgan fingerprint density at radius 3 is 1.98 bits per heavy atom. The summed E-state index contributed by atoms with van der Waals surface area (Å²) < 4.78 is 84.1. The summed E-state index contributed by atoms with van der Waals surface area (Å²) in [6.45, 7) is 3.89. The van der Waals surface area contributed by atoms with Crippen molar-refractivity contribution in [1.82, 2.24) is 20.2 Å². The highest BCUT2D eigenvalue weighted by Gasteiger charge is 2.31. The third kappa shape index (κ3) is 9.84. The summed E-state index contributed by atoms with van der Waals surface area (Å²) in [5, 5.41) is 9.24. The number of hydrogen-bond donors (Lipinski definition) is 1. The fraction of sp³-hybridized carbons (Fsp3) is 0.152. The largest absolute Gasteiger partial charge is 0.573 e. The summed E-state index contributed by atoms with van der Waals surface area (Å²) in [4.78, 5) is 9.08. The van der Waals surface area contributed by atoms with Crippen LogP contribution in [0.1, 0.15) is 22.3 Å². The molecule has 4 aromatic carbocycles. The maximum absolute atomic E-state index is 12.5. The number of ether oxygens (including phenoxy) is 2. The fourth-order valence-electron chi connectivity index (χ4n) is 4.31. The third-order valence-electron chi connectivity index (χ3n) is 6.55. The van der Waals surface area contributed by atoms with E-state index in [9.17, 15) is 26.3 Å². The highest BCUT2D eigenvalue weighted by atomic mass is 32.2. The Balaban J connectivity index is 1.25. The monoisotopic (exact) mass is 684 g/mol. The summed E-state index contributed by atoms with van der Waals surface area (Å²) in [6.07, 6.45) is -6.49. The summed E-state index contributed by atoms with van der Waals surface area (Å²) in [5.41, 5.74) is 8.40. The van der Waals surface area contributed by atoms with Crippen molar-refractivity contribution in [2.75, 3.05) is 0 Å². The first kappa shape index (κ1) is 34.0. The van der Waals surface area contributed by atoms with Crippen molar-refractivity contribution < 1.29 is 35.8 Å². The molecule has 0 aliphatic heterocycles. The predicted octanol–water partition coefficient (Wildman–Crippen LogP) is 8.89. The van der Waals surface area contributed by atoms with Crippen molar-refractivity contribution in [3.05, 3.63) is 120 Å². The van der Waals surface area contributed by atoms with Gasteiger partial charge in [0.1, 0.15) is 17.8 Å². The van der Waals surface area contributed by atoms with Gasteiger partial charge in [-0.25, -0.2) is 14.7 Å². The molecule has 48 heavy (non-hydrogen) atoms. The molecule has 0 saturated heterocycles. The van der Waals surface area contributed by atoms with Crippen molar-refractivity contribution in [2.24, 2.45) is 10.1 Å². The van der Waals surface area contributed by atoms with Crippen LogP contribution in [-0.2, 0) is 5.75 Å². The van der Waals surface area contributed by atoms with Crippen molar-refractivity contribution in [3.8, 4) is 28.6 Å². The zero-order chi connectivity index (χ0) is 34.3. The number of aryl methyl sites for hydroxylation is 2. The highest BCUT2D eigenvalue weighted by molar-refractivity contribution is 8.13. The number of thioether (sulfide) groups is 1. The van der Waals surface area contributed by atoms with Crippen LogP contribution in [0.4, 0.5) is 32.0 Å². The van der Waals surface area contributed by atoms with Gasteiger partial charge in [0.25, 0.3) is 0 Å². The number of nitrogens with one attached hydrogen (secondary N) is 1. The second-order valence-electron chi connectivity index (χ2n) is 10.2. The second kappa shape index (κ2) is 14.6. The zero-order valence-corrected chi connectivity index (χ0v) is 26.1. The van der Waals surface area contributed by atoms with E-state index in [-0.39, 0.29) is 11.5 Å². The minimum absolute atomic E-state index is 0.299. The lowest BCUT2D eigenvalue weighted by atomic mass is 10.1. The number of alkyl halides is 6. The van der Waals surface area contributed by atoms with Gasteiger partial charge in [-0.2, -0.15) is 5.10 Å². The van der Waals surface area contributed by atoms with Gasteiger partial charge in [0.2, 0.25) is 0 Å². The van der Waals surface area contributed by atoms with Gasteiger partial charge in [0, 0.05) is 11.3 Å². The Morgan fingerprint density at radius 2 is 1.40 bits per heavy atom. The average Bonchev–Trinajstić information content (AvgIpc) is 3.52. The van der Waals surface area contributed by atoms with Gasteiger partial charge in [-0.1, -0.05) is 66.4 Å². The van der Waals surface area contributed by atoms with E-state index in [4.69, 9.17) is 4.99 Å². The maximum atomic E-state index is 12.5. The molecule has 0 unspecified atom stereocenters. The molecule has 0 bridgehead atoms. The Morgan fingerprint density at radius 1 is 0.812 bits per heavy atom. The standard InChI is InChI=1S/C33H26F6N6O2S/c1-21-4-3-5-22(2)29(21)42-31(48-19-24-8-14-27(15-9-24)46-32(34,35)36)43-41-18-23-6-10-25(11-7-23)30-40-20-45(44-30)26-12-16-28(17-13-26)47-33(37,38)39/h3-18,20H,19H2,1-2H3,(H,42,43)/b41-18+. The minimum atomic E-state index is -4.78. The summed E-state index contributed by atoms with van der Waals surface area (Å²) in [6, 6.07) is 23.9. The molecule has 1 N–H and O–H groups in total. The van der Waals surface area contributed by atoms with Crippen molar-refractivity contribution >= 4 is 28.8 Å². The molecular weight excluding hydrogens is 658 g/mol. The number of amidine groups is 1. The Labute approximate surface area is 275 Å². The quantitative estimate of drug-likeness (QED) is 0.0723. The lowest BCUT2D eigenvalue weighted by Gasteiger charge is -2.11. The number of hydrogen-bond acceptors (Lipinski definition) is 7. The molecule has 0 radical (unpaired) electrons. The average molecular weight is 685 g/mol. The molecule has 0 amide bonds. The lowest BCUT2D eigenvalue weighted by Crippen LogP contribution is -2.17. The predicted molar refractivity (Wildman–Crippen MR) is 172 cm³/mol. The molecule has 1 aromatic heterocycles. The Hall–Kier alpha value is -5.31. The second-order valence-corrected chi connectivity index (χ2v) is 11.1. The van der Waals surface area contributed by atoms with Gasteiger partial charge in [-0.3, -0.25) is 5.43 Å². The molecule has 15 heteroatoms. The Bertz CT molecular complexity index is 1870. The number of aliphatic imine (C=N–C) groups is 1. The van der Waals surface area contributed by atoms with Crippen molar-refractivity contribution in [2.45, 2.75) is 32.3 Å². The molecule has 5 rings (SSSR count). The summed E-state index contributed by atoms with van der Waals surface area (Å²) in [7, 11) is 0. The van der Waals surface area contributed by atoms with Crippen LogP contribution in [0.5, 0.6) is 11.5 Å². The molecule has 0 saturated carbocycles. The smallest absolute Gasteiger partial charge is 0.406 e. The van der Waals surface area contributed by atoms with Gasteiger partial charge in [0.05, 0.1) is 17.6 Å². The Kier molecular flexibility index (Phi) is 10.4. The normalized spacial score (nSPS) is 12.4. The van der Waals surface area contributed by atoms with Crippen molar-refractivity contribution in [3.63, 3.8) is 0 Å². The molecular formula is C33H26F6N6O2S. The maximum Gasteiger partial charge on any atom is 0.573 e. The lowest BCUT2D eigenvalue weighted by molar-refractivity contribution is -0.275. The van der Waals surface area contributed by atoms with Gasteiger partial charge in [-0.15, -0.1) is 31.4 Å². The molecule has 1 heterocycles. The van der Waals surface area contributed by atoms with Crippen molar-refractivity contribution in [1.29, 1.82) is 0 Å². The zero-order valence-electron chi connectivity index (χ0n) is 25.3. The van der Waals surface area contributed by atoms with E-state index < -0.39 is 12.7 Å². The number of aromatic nitrogens is 3. The summed E-state index contributed by atoms with van der Waals surface area (Å²) in [5.74, 6) is 0.170. The molecule has 0 aliphatic rings. The van der Waals surface area contributed by atoms with Crippen LogP contribution in [0.2, 0.25) is 0 Å².